The zero-order valence-corrected chi connectivity index (χ0v) is 25.8. The number of benzene rings is 3. The molecule has 3 aromatic rings. The summed E-state index contributed by atoms with van der Waals surface area (Å²) in [6.07, 6.45) is 3.52. The molecule has 3 aromatic carbocycles. The topological polar surface area (TPSA) is 47.9 Å². The van der Waals surface area contributed by atoms with E-state index in [4.69, 9.17) is 13.9 Å². The average molecular weight is 569 g/mol. The molecule has 4 aliphatic rings. The first-order valence-corrected chi connectivity index (χ1v) is 17.2. The number of ether oxygens (including phenoxy) is 2. The molecule has 0 amide bonds. The number of hydrogen-bond acceptors (Lipinski definition) is 4. The Labute approximate surface area is 246 Å². The van der Waals surface area contributed by atoms with Crippen molar-refractivity contribution in [2.75, 3.05) is 19.8 Å². The molecule has 4 nitrogen and oxygen atoms in total. The molecule has 3 fully saturated rings. The quantitative estimate of drug-likeness (QED) is 0.452. The molecule has 0 bridgehead atoms. The van der Waals surface area contributed by atoms with E-state index < -0.39 is 15.1 Å². The van der Waals surface area contributed by atoms with Crippen LogP contribution in [0.4, 0.5) is 0 Å². The minimum Gasteiger partial charge on any atom is -0.410 e. The smallest absolute Gasteiger partial charge is 0.239 e. The minimum absolute atomic E-state index is 0.0253. The van der Waals surface area contributed by atoms with Crippen LogP contribution in [0.3, 0.4) is 0 Å². The fourth-order valence-electron chi connectivity index (χ4n) is 8.80. The van der Waals surface area contributed by atoms with Gasteiger partial charge in [0.1, 0.15) is 0 Å². The lowest BCUT2D eigenvalue weighted by Gasteiger charge is -2.54. The normalized spacial score (nSPS) is 32.6. The van der Waals surface area contributed by atoms with Crippen molar-refractivity contribution in [1.29, 1.82) is 0 Å². The third kappa shape index (κ3) is 4.84. The Morgan fingerprint density at radius 3 is 2.29 bits per heavy atom. The highest BCUT2D eigenvalue weighted by atomic mass is 28.3. The van der Waals surface area contributed by atoms with Gasteiger partial charge < -0.3 is 19.0 Å². The first kappa shape index (κ1) is 27.5. The lowest BCUT2D eigenvalue weighted by molar-refractivity contribution is -0.184. The number of aliphatic hydroxyl groups excluding tert-OH is 1. The fraction of sp³-hybridized carbons (Fsp3) is 0.500. The van der Waals surface area contributed by atoms with Crippen molar-refractivity contribution in [3.63, 3.8) is 0 Å². The van der Waals surface area contributed by atoms with Gasteiger partial charge in [-0.3, -0.25) is 0 Å². The van der Waals surface area contributed by atoms with Gasteiger partial charge in [0, 0.05) is 17.9 Å². The SMILES string of the molecule is CC(C)(C)c1ccc2c(c1)CC[C@@H]1[C@@H]2C(O)C[C@]2(CO[SiH](c3ccccc3)c3ccccc3)C3OCCOC3C[C@@H]12. The summed E-state index contributed by atoms with van der Waals surface area (Å²) in [6.45, 7) is 8.74. The molecule has 7 atom stereocenters. The Balaban J connectivity index is 1.24. The molecule has 41 heavy (non-hydrogen) atoms. The van der Waals surface area contributed by atoms with E-state index in [1.54, 1.807) is 0 Å². The van der Waals surface area contributed by atoms with Crippen molar-refractivity contribution >= 4 is 19.4 Å². The van der Waals surface area contributed by atoms with Crippen LogP contribution in [0.15, 0.2) is 78.9 Å². The number of aryl methyl sites for hydroxylation is 1. The van der Waals surface area contributed by atoms with Crippen LogP contribution in [0.1, 0.15) is 62.6 Å². The van der Waals surface area contributed by atoms with Crippen LogP contribution in [-0.4, -0.2) is 52.3 Å². The van der Waals surface area contributed by atoms with Gasteiger partial charge >= 0.3 is 0 Å². The Bertz CT molecular complexity index is 1320. The predicted molar refractivity (Wildman–Crippen MR) is 166 cm³/mol. The van der Waals surface area contributed by atoms with Gasteiger partial charge in [-0.2, -0.15) is 0 Å². The molecule has 7 rings (SSSR count). The lowest BCUT2D eigenvalue weighted by atomic mass is 9.53. The maximum Gasteiger partial charge on any atom is 0.239 e. The second-order valence-corrected chi connectivity index (χ2v) is 16.4. The standard InChI is InChI=1S/C36H44O4Si/c1-35(2,3)25-15-17-28-24(20-25)14-16-29-30-21-32-34(39-19-18-38-32)36(30,22-31(37)33(28)29)23-40-41(26-10-6-4-7-11-26)27-12-8-5-9-13-27/h4-13,15,17,20,29-34,37,41H,14,16,18-19,21-23H2,1-3H3/t29-,30-,31?,32?,33+,34?,36+/m0/s1. The molecular weight excluding hydrogens is 524 g/mol. The average Bonchev–Trinajstić information content (AvgIpc) is 3.31. The Kier molecular flexibility index (Phi) is 7.23. The van der Waals surface area contributed by atoms with Crippen molar-refractivity contribution in [3.8, 4) is 0 Å². The summed E-state index contributed by atoms with van der Waals surface area (Å²) in [5.41, 5.74) is 4.06. The molecular formula is C36H44O4Si. The molecule has 0 radical (unpaired) electrons. The Hall–Kier alpha value is -2.28. The predicted octanol–water partition coefficient (Wildman–Crippen LogP) is 4.74. The van der Waals surface area contributed by atoms with Crippen LogP contribution in [0.25, 0.3) is 0 Å². The van der Waals surface area contributed by atoms with E-state index in [9.17, 15) is 5.11 Å². The van der Waals surface area contributed by atoms with E-state index in [1.807, 2.05) is 0 Å². The van der Waals surface area contributed by atoms with Crippen LogP contribution in [0.2, 0.25) is 0 Å². The van der Waals surface area contributed by atoms with Crippen LogP contribution in [0.5, 0.6) is 0 Å². The van der Waals surface area contributed by atoms with Gasteiger partial charge in [0.05, 0.1) is 31.5 Å². The van der Waals surface area contributed by atoms with E-state index >= 15 is 0 Å². The van der Waals surface area contributed by atoms with Gasteiger partial charge in [-0.1, -0.05) is 99.6 Å². The summed E-state index contributed by atoms with van der Waals surface area (Å²) >= 11 is 0. The first-order chi connectivity index (χ1) is 19.8. The molecule has 3 aliphatic carbocycles. The van der Waals surface area contributed by atoms with Gasteiger partial charge in [-0.25, -0.2) is 0 Å². The summed E-state index contributed by atoms with van der Waals surface area (Å²) in [4.78, 5) is 0. The minimum atomic E-state index is -1.94. The maximum absolute atomic E-state index is 12.0. The van der Waals surface area contributed by atoms with E-state index in [2.05, 4.69) is 99.6 Å². The zero-order valence-electron chi connectivity index (χ0n) is 24.7. The molecule has 2 saturated carbocycles. The van der Waals surface area contributed by atoms with Gasteiger partial charge in [0.2, 0.25) is 9.04 Å². The number of hydrogen-bond donors (Lipinski definition) is 1. The highest BCUT2D eigenvalue weighted by Gasteiger charge is 2.64. The molecule has 5 heteroatoms. The first-order valence-electron chi connectivity index (χ1n) is 15.6. The van der Waals surface area contributed by atoms with Gasteiger partial charge in [0.25, 0.3) is 0 Å². The van der Waals surface area contributed by atoms with E-state index in [0.29, 0.717) is 38.1 Å². The fourth-order valence-corrected chi connectivity index (χ4v) is 11.2. The lowest BCUT2D eigenvalue weighted by Crippen LogP contribution is -2.57. The summed E-state index contributed by atoms with van der Waals surface area (Å²) in [5.74, 6) is 0.977. The van der Waals surface area contributed by atoms with Crippen molar-refractivity contribution in [3.05, 3.63) is 95.6 Å². The summed E-state index contributed by atoms with van der Waals surface area (Å²) in [7, 11) is -1.94. The summed E-state index contributed by atoms with van der Waals surface area (Å²) in [6, 6.07) is 28.5. The number of aliphatic hydroxyl groups is 1. The van der Waals surface area contributed by atoms with Crippen LogP contribution in [0, 0.1) is 17.3 Å². The monoisotopic (exact) mass is 568 g/mol. The highest BCUT2D eigenvalue weighted by Crippen LogP contribution is 2.62. The molecule has 1 aliphatic heterocycles. The molecule has 216 valence electrons. The van der Waals surface area contributed by atoms with E-state index in [0.717, 1.165) is 19.3 Å². The van der Waals surface area contributed by atoms with Gasteiger partial charge in [0.15, 0.2) is 0 Å². The van der Waals surface area contributed by atoms with Crippen LogP contribution in [-0.2, 0) is 25.7 Å². The molecule has 0 spiro atoms. The third-order valence-corrected chi connectivity index (χ3v) is 13.1. The van der Waals surface area contributed by atoms with Crippen LogP contribution < -0.4 is 10.4 Å². The number of rotatable bonds is 5. The molecule has 0 aromatic heterocycles. The largest absolute Gasteiger partial charge is 0.410 e. The van der Waals surface area contributed by atoms with Crippen molar-refractivity contribution in [1.82, 2.24) is 0 Å². The molecule has 1 saturated heterocycles. The maximum atomic E-state index is 12.0. The Morgan fingerprint density at radius 2 is 1.61 bits per heavy atom. The van der Waals surface area contributed by atoms with Gasteiger partial charge in [-0.05, 0) is 70.0 Å². The van der Waals surface area contributed by atoms with E-state index in [1.165, 1.54) is 27.1 Å². The second-order valence-electron chi connectivity index (χ2n) is 14.0. The Morgan fingerprint density at radius 1 is 0.927 bits per heavy atom. The van der Waals surface area contributed by atoms with Gasteiger partial charge in [-0.15, -0.1) is 0 Å². The zero-order chi connectivity index (χ0) is 28.2. The van der Waals surface area contributed by atoms with E-state index in [-0.39, 0.29) is 29.0 Å². The highest BCUT2D eigenvalue weighted by molar-refractivity contribution is 6.80. The third-order valence-electron chi connectivity index (χ3n) is 10.7. The number of fused-ring (bicyclic) bond motifs is 7. The molecule has 3 unspecified atom stereocenters. The van der Waals surface area contributed by atoms with Crippen molar-refractivity contribution in [2.24, 2.45) is 17.3 Å². The van der Waals surface area contributed by atoms with Crippen LogP contribution >= 0.6 is 0 Å². The summed E-state index contributed by atoms with van der Waals surface area (Å²) < 4.78 is 20.1. The molecule has 1 heterocycles. The summed E-state index contributed by atoms with van der Waals surface area (Å²) in [5, 5.41) is 14.6. The molecule has 1 N–H and O–H groups in total. The van der Waals surface area contributed by atoms with Crippen molar-refractivity contribution < 1.29 is 19.0 Å². The van der Waals surface area contributed by atoms with Crippen molar-refractivity contribution in [2.45, 2.75) is 76.1 Å². The second kappa shape index (κ2) is 10.8.